The van der Waals surface area contributed by atoms with Crippen molar-refractivity contribution in [2.45, 2.75) is 13.5 Å². The van der Waals surface area contributed by atoms with Gasteiger partial charge in [0.1, 0.15) is 6.61 Å². The first-order valence-corrected chi connectivity index (χ1v) is 10.4. The van der Waals surface area contributed by atoms with Crippen LogP contribution in [-0.2, 0) is 11.4 Å². The van der Waals surface area contributed by atoms with Gasteiger partial charge < -0.3 is 4.74 Å². The van der Waals surface area contributed by atoms with Crippen LogP contribution < -0.4 is 4.74 Å². The van der Waals surface area contributed by atoms with Gasteiger partial charge in [-0.15, -0.1) is 0 Å². The standard InChI is InChI=1S/C19H14BrClN2O5S/c1-2-22-18(24)16(29-19(22)25)9-12-7-14(20)17(15(21)8-12)28-10-11-3-5-13(6-4-11)23(26)27/h3-9H,2,10H2,1H3/b16-9+. The van der Waals surface area contributed by atoms with Gasteiger partial charge in [0, 0.05) is 18.7 Å². The first-order valence-electron chi connectivity index (χ1n) is 8.40. The Bertz CT molecular complexity index is 1000. The van der Waals surface area contributed by atoms with Gasteiger partial charge >= 0.3 is 0 Å². The zero-order valence-electron chi connectivity index (χ0n) is 15.1. The van der Waals surface area contributed by atoms with Crippen LogP contribution in [-0.4, -0.2) is 27.5 Å². The Hall–Kier alpha value is -2.36. The molecule has 3 rings (SSSR count). The Morgan fingerprint density at radius 2 is 1.97 bits per heavy atom. The monoisotopic (exact) mass is 496 g/mol. The van der Waals surface area contributed by atoms with Crippen LogP contribution in [0.4, 0.5) is 10.5 Å². The predicted molar refractivity (Wildman–Crippen MR) is 115 cm³/mol. The smallest absolute Gasteiger partial charge is 0.293 e. The first-order chi connectivity index (χ1) is 13.8. The van der Waals surface area contributed by atoms with Gasteiger partial charge in [0.2, 0.25) is 0 Å². The topological polar surface area (TPSA) is 89.8 Å². The second-order valence-corrected chi connectivity index (χ2v) is 8.21. The number of carbonyl (C=O) groups is 2. The highest BCUT2D eigenvalue weighted by atomic mass is 79.9. The largest absolute Gasteiger partial charge is 0.486 e. The lowest BCUT2D eigenvalue weighted by molar-refractivity contribution is -0.384. The number of halogens is 2. The molecule has 0 spiro atoms. The van der Waals surface area contributed by atoms with Crippen LogP contribution in [0.5, 0.6) is 5.75 Å². The third-order valence-corrected chi connectivity index (χ3v) is 5.82. The average Bonchev–Trinajstić information content (AvgIpc) is 2.94. The molecule has 1 heterocycles. The number of hydrogen-bond acceptors (Lipinski definition) is 6. The van der Waals surface area contributed by atoms with Gasteiger partial charge in [-0.3, -0.25) is 24.6 Å². The molecule has 10 heteroatoms. The molecule has 7 nitrogen and oxygen atoms in total. The number of nitro groups is 1. The summed E-state index contributed by atoms with van der Waals surface area (Å²) in [7, 11) is 0. The molecule has 1 aliphatic heterocycles. The van der Waals surface area contributed by atoms with Crippen LogP contribution in [0.15, 0.2) is 45.8 Å². The maximum atomic E-state index is 12.2. The van der Waals surface area contributed by atoms with E-state index >= 15 is 0 Å². The fourth-order valence-electron chi connectivity index (χ4n) is 2.59. The lowest BCUT2D eigenvalue weighted by Crippen LogP contribution is -2.27. The molecule has 0 unspecified atom stereocenters. The summed E-state index contributed by atoms with van der Waals surface area (Å²) in [4.78, 5) is 35.8. The summed E-state index contributed by atoms with van der Waals surface area (Å²) in [5, 5.41) is 10.7. The van der Waals surface area contributed by atoms with Crippen LogP contribution in [0, 0.1) is 10.1 Å². The van der Waals surface area contributed by atoms with Gasteiger partial charge in [-0.25, -0.2) is 0 Å². The van der Waals surface area contributed by atoms with E-state index in [9.17, 15) is 19.7 Å². The van der Waals surface area contributed by atoms with Crippen molar-refractivity contribution in [3.05, 3.63) is 72.0 Å². The highest BCUT2D eigenvalue weighted by Gasteiger charge is 2.33. The van der Waals surface area contributed by atoms with Crippen LogP contribution in [0.1, 0.15) is 18.1 Å². The molecule has 150 valence electrons. The molecule has 0 aromatic heterocycles. The Morgan fingerprint density at radius 3 is 2.52 bits per heavy atom. The van der Waals surface area contributed by atoms with Crippen molar-refractivity contribution in [2.75, 3.05) is 6.54 Å². The van der Waals surface area contributed by atoms with E-state index in [2.05, 4.69) is 15.9 Å². The van der Waals surface area contributed by atoms with E-state index in [0.29, 0.717) is 32.3 Å². The number of non-ortho nitro benzene ring substituents is 1. The highest BCUT2D eigenvalue weighted by Crippen LogP contribution is 2.38. The van der Waals surface area contributed by atoms with Gasteiger partial charge in [0.15, 0.2) is 5.75 Å². The summed E-state index contributed by atoms with van der Waals surface area (Å²) in [6.45, 7) is 2.23. The number of nitro benzene ring substituents is 1. The fourth-order valence-corrected chi connectivity index (χ4v) is 4.49. The van der Waals surface area contributed by atoms with Crippen molar-refractivity contribution in [1.29, 1.82) is 0 Å². The lowest BCUT2D eigenvalue weighted by Gasteiger charge is -2.11. The second kappa shape index (κ2) is 8.98. The van der Waals surface area contributed by atoms with Crippen LogP contribution in [0.3, 0.4) is 0 Å². The predicted octanol–water partition coefficient (Wildman–Crippen LogP) is 5.65. The number of thioether (sulfide) groups is 1. The van der Waals surface area contributed by atoms with E-state index in [1.54, 1.807) is 37.3 Å². The summed E-state index contributed by atoms with van der Waals surface area (Å²) in [6.07, 6.45) is 1.61. The number of carbonyl (C=O) groups excluding carboxylic acids is 2. The van der Waals surface area contributed by atoms with Gasteiger partial charge in [0.05, 0.1) is 19.3 Å². The van der Waals surface area contributed by atoms with E-state index in [1.807, 2.05) is 0 Å². The van der Waals surface area contributed by atoms with E-state index < -0.39 is 4.92 Å². The van der Waals surface area contributed by atoms with Gasteiger partial charge in [-0.1, -0.05) is 11.6 Å². The molecule has 0 atom stereocenters. The SMILES string of the molecule is CCN1C(=O)S/C(=C/c2cc(Cl)c(OCc3ccc([N+](=O)[O-])cc3)c(Br)c2)C1=O. The van der Waals surface area contributed by atoms with Crippen LogP contribution >= 0.6 is 39.3 Å². The van der Waals surface area contributed by atoms with Crippen molar-refractivity contribution in [2.24, 2.45) is 0 Å². The Kier molecular flexibility index (Phi) is 6.61. The zero-order chi connectivity index (χ0) is 21.1. The van der Waals surface area contributed by atoms with Crippen molar-refractivity contribution < 1.29 is 19.2 Å². The van der Waals surface area contributed by atoms with Crippen molar-refractivity contribution >= 4 is 62.2 Å². The number of imide groups is 1. The first kappa shape index (κ1) is 21.4. The molecular weight excluding hydrogens is 484 g/mol. The molecule has 1 aliphatic rings. The van der Waals surface area contributed by atoms with E-state index in [1.165, 1.54) is 17.0 Å². The highest BCUT2D eigenvalue weighted by molar-refractivity contribution is 9.10. The van der Waals surface area contributed by atoms with Crippen molar-refractivity contribution in [3.63, 3.8) is 0 Å². The maximum Gasteiger partial charge on any atom is 0.293 e. The van der Waals surface area contributed by atoms with Gasteiger partial charge in [0.25, 0.3) is 16.8 Å². The third-order valence-electron chi connectivity index (χ3n) is 4.04. The quantitative estimate of drug-likeness (QED) is 0.291. The van der Waals surface area contributed by atoms with E-state index in [-0.39, 0.29) is 23.4 Å². The Morgan fingerprint density at radius 1 is 1.28 bits per heavy atom. The summed E-state index contributed by atoms with van der Waals surface area (Å²) >= 11 is 10.6. The van der Waals surface area contributed by atoms with Crippen LogP contribution in [0.2, 0.25) is 5.02 Å². The van der Waals surface area contributed by atoms with Crippen molar-refractivity contribution in [1.82, 2.24) is 4.90 Å². The molecular formula is C19H14BrClN2O5S. The summed E-state index contributed by atoms with van der Waals surface area (Å²) in [6, 6.07) is 9.40. The normalized spacial score (nSPS) is 15.3. The number of rotatable bonds is 6. The number of amides is 2. The Balaban J connectivity index is 1.76. The third kappa shape index (κ3) is 4.80. The minimum Gasteiger partial charge on any atom is -0.486 e. The molecule has 2 amide bonds. The molecule has 0 saturated carbocycles. The number of ether oxygens (including phenoxy) is 1. The number of nitrogens with zero attached hydrogens (tertiary/aromatic N) is 2. The molecule has 1 fully saturated rings. The van der Waals surface area contributed by atoms with E-state index in [0.717, 1.165) is 17.3 Å². The zero-order valence-corrected chi connectivity index (χ0v) is 18.2. The number of benzene rings is 2. The summed E-state index contributed by atoms with van der Waals surface area (Å²) < 4.78 is 6.32. The van der Waals surface area contributed by atoms with Crippen LogP contribution in [0.25, 0.3) is 6.08 Å². The average molecular weight is 498 g/mol. The minimum atomic E-state index is -0.466. The van der Waals surface area contributed by atoms with Gasteiger partial charge in [-0.05, 0) is 76.1 Å². The molecule has 1 saturated heterocycles. The summed E-state index contributed by atoms with van der Waals surface area (Å²) in [5.74, 6) is 0.0806. The molecule has 2 aromatic carbocycles. The Labute approximate surface area is 183 Å². The molecule has 0 bridgehead atoms. The molecule has 29 heavy (non-hydrogen) atoms. The number of hydrogen-bond donors (Lipinski definition) is 0. The fraction of sp³-hybridized carbons (Fsp3) is 0.158. The molecule has 0 N–H and O–H groups in total. The molecule has 0 radical (unpaired) electrons. The number of likely N-dealkylation sites (N-methyl/N-ethyl adjacent to an activating group) is 1. The van der Waals surface area contributed by atoms with E-state index in [4.69, 9.17) is 16.3 Å². The second-order valence-electron chi connectivity index (χ2n) is 5.95. The molecule has 0 aliphatic carbocycles. The molecule has 2 aromatic rings. The van der Waals surface area contributed by atoms with Crippen molar-refractivity contribution in [3.8, 4) is 5.75 Å². The maximum absolute atomic E-state index is 12.2. The lowest BCUT2D eigenvalue weighted by atomic mass is 10.2. The summed E-state index contributed by atoms with van der Waals surface area (Å²) in [5.41, 5.74) is 1.40. The van der Waals surface area contributed by atoms with Gasteiger partial charge in [-0.2, -0.15) is 0 Å². The minimum absolute atomic E-state index is 0.00445.